The molecular formula is C85H104N8O16. The molecule has 0 bridgehead atoms. The summed E-state index contributed by atoms with van der Waals surface area (Å²) >= 11 is 0. The predicted molar refractivity (Wildman–Crippen MR) is 422 cm³/mol. The lowest BCUT2D eigenvalue weighted by Crippen LogP contribution is -2.27. The fraction of sp³-hybridized carbons (Fsp3) is 0.400. The molecule has 4 aromatic rings. The van der Waals surface area contributed by atoms with Gasteiger partial charge in [0.25, 0.3) is 0 Å². The number of anilines is 4. The first-order chi connectivity index (χ1) is 51.3. The molecule has 0 spiro atoms. The topological polar surface area (TPSA) is 360 Å². The van der Waals surface area contributed by atoms with Crippen LogP contribution in [0.3, 0.4) is 0 Å². The van der Waals surface area contributed by atoms with Gasteiger partial charge in [-0.1, -0.05) is 73.4 Å². The standard InChI is InChI=1S/C85H104N8O16/c1-18-19-31-57(86)70(72-61(90-74(94)49-43-53(49)78(98)106-82(2,3)4)35-24-36-62(72)91-75(95)50-44-54(50)79(99)107-83(5,6)7)59(88)33-22-28-47(69-67(104-16)41-27-42-68(69)105-17)29-23-34-60(89)71(58(87)32-21-20-30-48-65(102-14)39-26-40-66(48)103-15)73-63(92-76(96)51-45-55(51)80(100)108-84(8,9)10)37-25-38-64(73)93-77(97)52-46-56(52)81(101)109-85(11,12)13/h18-19,21-29,31-42,49-56,88H,1,20,30,43-46,86-87,89H2,2-17H3,(H,90,94)(H,91,95)(H,92,96)(H,93,97)/b29-23+,31-19-,32-21-,33-22-,47-28-,60-34-,70-57+,71-58+,88-59?/t49-,50-,51-,52-,53-,54-,55-,56-/m1/s1. The van der Waals surface area contributed by atoms with Crippen molar-refractivity contribution in [2.45, 2.75) is 144 Å². The Labute approximate surface area is 638 Å². The van der Waals surface area contributed by atoms with Crippen LogP contribution in [0.4, 0.5) is 22.7 Å². The number of hydrogen-bond donors (Lipinski definition) is 8. The van der Waals surface area contributed by atoms with Gasteiger partial charge in [-0.3, -0.25) is 38.4 Å². The molecule has 24 heteroatoms. The summed E-state index contributed by atoms with van der Waals surface area (Å²) in [6.45, 7) is 24.7. The molecule has 4 amide bonds. The van der Waals surface area contributed by atoms with E-state index in [1.54, 1.807) is 194 Å². The second-order valence-corrected chi connectivity index (χ2v) is 31.1. The van der Waals surface area contributed by atoms with Gasteiger partial charge in [-0.25, -0.2) is 0 Å². The maximum Gasteiger partial charge on any atom is 0.310 e. The Bertz CT molecular complexity index is 4270. The third kappa shape index (κ3) is 22.6. The van der Waals surface area contributed by atoms with Gasteiger partial charge >= 0.3 is 23.9 Å². The summed E-state index contributed by atoms with van der Waals surface area (Å²) in [5.74, 6) is -8.14. The number of methoxy groups -OCH3 is 4. The molecule has 0 unspecified atom stereocenters. The zero-order chi connectivity index (χ0) is 80.2. The summed E-state index contributed by atoms with van der Waals surface area (Å²) in [6.07, 6.45) is 19.3. The van der Waals surface area contributed by atoms with Crippen LogP contribution in [0.15, 0.2) is 163 Å². The van der Waals surface area contributed by atoms with Crippen LogP contribution in [0.5, 0.6) is 23.0 Å². The first kappa shape index (κ1) is 83.2. The average Bonchev–Trinajstić information content (AvgIpc) is 1.35. The van der Waals surface area contributed by atoms with E-state index in [1.807, 2.05) is 24.3 Å². The predicted octanol–water partition coefficient (Wildman–Crippen LogP) is 13.4. The Morgan fingerprint density at radius 3 is 1.11 bits per heavy atom. The number of benzene rings is 4. The SMILES string of the molecule is C=C/C=C\C(N)=C(\C(=N)\C=C/C=C(/C=C/C=C(N)/C(=C(N)/C=C\CCc1c(OC)cccc1OC)c1c(NC(=O)[C@@H]2C[C@H]2C(=O)OC(C)(C)C)cccc1NC(=O)[C@@H]1C[C@H]1C(=O)OC(C)(C)C)c1c(OC)cccc1OC)c1c(NC(=O)[C@@H]2C[C@H]2C(=O)OC(C)(C)C)cccc1NC(=O)[C@@H]1C[C@H]1C(=O)OC(C)(C)C. The van der Waals surface area contributed by atoms with Gasteiger partial charge in [0.1, 0.15) is 45.4 Å². The fourth-order valence-corrected chi connectivity index (χ4v) is 12.3. The zero-order valence-corrected chi connectivity index (χ0v) is 65.1. The van der Waals surface area contributed by atoms with Gasteiger partial charge < -0.3 is 81.8 Å². The zero-order valence-electron chi connectivity index (χ0n) is 65.1. The van der Waals surface area contributed by atoms with Gasteiger partial charge in [-0.05, 0) is 200 Å². The van der Waals surface area contributed by atoms with Gasteiger partial charge in [0.2, 0.25) is 23.6 Å². The minimum absolute atomic E-state index is 0.00697. The molecule has 109 heavy (non-hydrogen) atoms. The maximum absolute atomic E-state index is 14.5. The van der Waals surface area contributed by atoms with E-state index in [0.29, 0.717) is 47.0 Å². The largest absolute Gasteiger partial charge is 0.496 e. The van der Waals surface area contributed by atoms with Crippen LogP contribution in [-0.4, -0.2) is 104 Å². The Balaban J connectivity index is 1.26. The molecule has 24 nitrogen and oxygen atoms in total. The van der Waals surface area contributed by atoms with Crippen molar-refractivity contribution < 1.29 is 76.3 Å². The van der Waals surface area contributed by atoms with Crippen LogP contribution < -0.4 is 57.4 Å². The molecule has 4 aliphatic rings. The number of ether oxygens (including phenoxy) is 8. The number of hydrogen-bond acceptors (Lipinski definition) is 20. The lowest BCUT2D eigenvalue weighted by atomic mass is 9.93. The molecule has 0 radical (unpaired) electrons. The van der Waals surface area contributed by atoms with Crippen LogP contribution in [0.1, 0.15) is 137 Å². The van der Waals surface area contributed by atoms with E-state index in [2.05, 4.69) is 27.8 Å². The molecule has 0 aromatic heterocycles. The van der Waals surface area contributed by atoms with Crippen molar-refractivity contribution in [2.24, 2.45) is 64.5 Å². The highest BCUT2D eigenvalue weighted by Gasteiger charge is 2.53. The van der Waals surface area contributed by atoms with Gasteiger partial charge in [-0.15, -0.1) is 0 Å². The van der Waals surface area contributed by atoms with E-state index in [0.717, 1.165) is 5.56 Å². The minimum atomic E-state index is -0.809. The average molecular weight is 1490 g/mol. The Kier molecular flexibility index (Phi) is 26.8. The van der Waals surface area contributed by atoms with E-state index in [-0.39, 0.29) is 93.5 Å². The second-order valence-electron chi connectivity index (χ2n) is 31.1. The van der Waals surface area contributed by atoms with Crippen LogP contribution in [0.25, 0.3) is 16.7 Å². The highest BCUT2D eigenvalue weighted by atomic mass is 16.6. The van der Waals surface area contributed by atoms with E-state index < -0.39 is 117 Å². The van der Waals surface area contributed by atoms with Crippen LogP contribution in [0.2, 0.25) is 0 Å². The molecule has 0 aliphatic heterocycles. The fourth-order valence-electron chi connectivity index (χ4n) is 12.3. The number of carbonyl (C=O) groups is 8. The number of esters is 4. The van der Waals surface area contributed by atoms with Crippen LogP contribution in [-0.2, 0) is 63.7 Å². The quantitative estimate of drug-likeness (QED) is 0.0100. The maximum atomic E-state index is 14.5. The Hall–Kier alpha value is -11.4. The van der Waals surface area contributed by atoms with Gasteiger partial charge in [0, 0.05) is 44.9 Å². The molecule has 0 heterocycles. The van der Waals surface area contributed by atoms with Gasteiger partial charge in [-0.2, -0.15) is 0 Å². The number of amides is 4. The molecule has 0 saturated heterocycles. The first-order valence-electron chi connectivity index (χ1n) is 36.2. The minimum Gasteiger partial charge on any atom is -0.496 e. The third-order valence-electron chi connectivity index (χ3n) is 17.7. The molecule has 4 saturated carbocycles. The van der Waals surface area contributed by atoms with Crippen molar-refractivity contribution in [1.82, 2.24) is 0 Å². The number of nitrogens with two attached hydrogens (primary N) is 3. The highest BCUT2D eigenvalue weighted by molar-refractivity contribution is 6.31. The molecule has 4 aliphatic carbocycles. The van der Waals surface area contributed by atoms with Crippen molar-refractivity contribution in [1.29, 1.82) is 5.41 Å². The Morgan fingerprint density at radius 2 is 0.761 bits per heavy atom. The van der Waals surface area contributed by atoms with E-state index in [1.165, 1.54) is 32.4 Å². The normalized spacial score (nSPS) is 20.2. The second kappa shape index (κ2) is 35.1. The molecule has 8 rings (SSSR count). The molecular weight excluding hydrogens is 1390 g/mol. The molecule has 11 N–H and O–H groups in total. The molecule has 580 valence electrons. The monoisotopic (exact) mass is 1490 g/mol. The number of allylic oxidation sites excluding steroid dienone is 14. The van der Waals surface area contributed by atoms with Crippen molar-refractivity contribution in [2.75, 3.05) is 49.7 Å². The summed E-state index contributed by atoms with van der Waals surface area (Å²) < 4.78 is 45.9. The van der Waals surface area contributed by atoms with Gasteiger partial charge in [0.05, 0.1) is 110 Å². The van der Waals surface area contributed by atoms with Gasteiger partial charge in [0.15, 0.2) is 0 Å². The van der Waals surface area contributed by atoms with Crippen LogP contribution >= 0.6 is 0 Å². The lowest BCUT2D eigenvalue weighted by Gasteiger charge is -2.21. The summed E-state index contributed by atoms with van der Waals surface area (Å²) in [7, 11) is 6.12. The van der Waals surface area contributed by atoms with E-state index in [4.69, 9.17) is 55.1 Å². The Morgan fingerprint density at radius 1 is 0.431 bits per heavy atom. The highest BCUT2D eigenvalue weighted by Crippen LogP contribution is 2.48. The summed E-state index contributed by atoms with van der Waals surface area (Å²) in [5, 5.41) is 21.9. The number of rotatable bonds is 31. The van der Waals surface area contributed by atoms with E-state index >= 15 is 0 Å². The van der Waals surface area contributed by atoms with Crippen molar-refractivity contribution >= 4 is 92.7 Å². The molecule has 4 aromatic carbocycles. The third-order valence-corrected chi connectivity index (χ3v) is 17.7. The van der Waals surface area contributed by atoms with Crippen molar-refractivity contribution in [3.63, 3.8) is 0 Å². The summed E-state index contributed by atoms with van der Waals surface area (Å²) in [4.78, 5) is 111. The van der Waals surface area contributed by atoms with Crippen molar-refractivity contribution in [3.8, 4) is 23.0 Å². The smallest absolute Gasteiger partial charge is 0.310 e. The summed E-state index contributed by atoms with van der Waals surface area (Å²) in [5.41, 5.74) is 21.0. The van der Waals surface area contributed by atoms with Crippen LogP contribution in [0, 0.1) is 52.8 Å². The number of carbonyl (C=O) groups excluding carboxylic acids is 8. The number of nitrogens with one attached hydrogen (secondary N) is 5. The molecule has 4 fully saturated rings. The molecule has 8 atom stereocenters. The van der Waals surface area contributed by atoms with E-state index in [9.17, 15) is 43.8 Å². The summed E-state index contributed by atoms with van der Waals surface area (Å²) in [6, 6.07) is 20.3. The lowest BCUT2D eigenvalue weighted by molar-refractivity contribution is -0.158. The first-order valence-corrected chi connectivity index (χ1v) is 36.2. The van der Waals surface area contributed by atoms with Crippen molar-refractivity contribution in [3.05, 3.63) is 186 Å².